The van der Waals surface area contributed by atoms with E-state index in [2.05, 4.69) is 31.2 Å². The van der Waals surface area contributed by atoms with Gasteiger partial charge in [-0.15, -0.1) is 0 Å². The van der Waals surface area contributed by atoms with E-state index in [0.29, 0.717) is 23.9 Å². The number of hydrogen-bond donors (Lipinski definition) is 1. The predicted octanol–water partition coefficient (Wildman–Crippen LogP) is 4.21. The number of halogens is 2. The molecule has 0 radical (unpaired) electrons. The van der Waals surface area contributed by atoms with Crippen LogP contribution in [0.1, 0.15) is 12.3 Å². The van der Waals surface area contributed by atoms with Gasteiger partial charge in [0.2, 0.25) is 5.91 Å². The van der Waals surface area contributed by atoms with Crippen molar-refractivity contribution in [2.75, 3.05) is 5.32 Å². The highest BCUT2D eigenvalue weighted by Gasteiger charge is 2.10. The molecule has 5 nitrogen and oxygen atoms in total. The summed E-state index contributed by atoms with van der Waals surface area (Å²) in [6.07, 6.45) is 3.76. The number of amides is 1. The standard InChI is InChI=1S/C17H13BrFN3O2/c18-12-3-6-15(20-9-12)22-16(23)7-8-17-21-10-14(24-17)11-1-4-13(19)5-2-11/h1-6,9-10H,7-8H2,(H,20,22,23). The third-order valence-corrected chi connectivity index (χ3v) is 3.71. The molecule has 0 spiro atoms. The lowest BCUT2D eigenvalue weighted by Gasteiger charge is -2.03. The lowest BCUT2D eigenvalue weighted by Crippen LogP contribution is -2.13. The number of carbonyl (C=O) groups is 1. The van der Waals surface area contributed by atoms with Crippen molar-refractivity contribution in [3.8, 4) is 11.3 Å². The van der Waals surface area contributed by atoms with Crippen LogP contribution in [-0.4, -0.2) is 15.9 Å². The molecule has 0 aliphatic carbocycles. The molecule has 0 saturated heterocycles. The summed E-state index contributed by atoms with van der Waals surface area (Å²) in [6, 6.07) is 9.45. The molecule has 0 unspecified atom stereocenters. The Labute approximate surface area is 146 Å². The Morgan fingerprint density at radius 1 is 1.12 bits per heavy atom. The van der Waals surface area contributed by atoms with E-state index in [9.17, 15) is 9.18 Å². The Morgan fingerprint density at radius 2 is 1.92 bits per heavy atom. The first-order valence-corrected chi connectivity index (χ1v) is 8.01. The van der Waals surface area contributed by atoms with Gasteiger partial charge in [-0.1, -0.05) is 0 Å². The summed E-state index contributed by atoms with van der Waals surface area (Å²) >= 11 is 3.28. The fourth-order valence-corrected chi connectivity index (χ4v) is 2.28. The molecule has 2 heterocycles. The van der Waals surface area contributed by atoms with E-state index in [0.717, 1.165) is 10.0 Å². The van der Waals surface area contributed by atoms with Crippen LogP contribution >= 0.6 is 15.9 Å². The minimum absolute atomic E-state index is 0.175. The summed E-state index contributed by atoms with van der Waals surface area (Å²) in [5.41, 5.74) is 0.735. The smallest absolute Gasteiger partial charge is 0.226 e. The number of rotatable bonds is 5. The molecule has 1 N–H and O–H groups in total. The highest BCUT2D eigenvalue weighted by atomic mass is 79.9. The number of carbonyl (C=O) groups excluding carboxylic acids is 1. The number of pyridine rings is 1. The van der Waals surface area contributed by atoms with Crippen molar-refractivity contribution < 1.29 is 13.6 Å². The van der Waals surface area contributed by atoms with Gasteiger partial charge in [0.15, 0.2) is 11.7 Å². The van der Waals surface area contributed by atoms with E-state index in [1.54, 1.807) is 36.7 Å². The van der Waals surface area contributed by atoms with Crippen LogP contribution < -0.4 is 5.32 Å². The van der Waals surface area contributed by atoms with Gasteiger partial charge in [0, 0.05) is 29.1 Å². The molecule has 24 heavy (non-hydrogen) atoms. The number of aryl methyl sites for hydroxylation is 1. The van der Waals surface area contributed by atoms with Gasteiger partial charge >= 0.3 is 0 Å². The molecular weight excluding hydrogens is 377 g/mol. The number of nitrogens with one attached hydrogen (secondary N) is 1. The summed E-state index contributed by atoms with van der Waals surface area (Å²) in [5, 5.41) is 2.70. The zero-order valence-corrected chi connectivity index (χ0v) is 14.1. The molecule has 0 aliphatic rings. The Bertz CT molecular complexity index is 832. The molecule has 3 rings (SSSR count). The molecule has 0 bridgehead atoms. The number of anilines is 1. The maximum Gasteiger partial charge on any atom is 0.226 e. The zero-order valence-electron chi connectivity index (χ0n) is 12.5. The third kappa shape index (κ3) is 4.26. The first-order chi connectivity index (χ1) is 11.6. The van der Waals surface area contributed by atoms with E-state index in [4.69, 9.17) is 4.42 Å². The highest BCUT2D eigenvalue weighted by Crippen LogP contribution is 2.21. The molecule has 0 fully saturated rings. The van der Waals surface area contributed by atoms with Crippen molar-refractivity contribution in [3.63, 3.8) is 0 Å². The molecule has 0 aliphatic heterocycles. The van der Waals surface area contributed by atoms with Gasteiger partial charge in [-0.3, -0.25) is 4.79 Å². The van der Waals surface area contributed by atoms with Crippen LogP contribution in [0, 0.1) is 5.82 Å². The Balaban J connectivity index is 1.56. The number of hydrogen-bond acceptors (Lipinski definition) is 4. The van der Waals surface area contributed by atoms with Crippen LogP contribution in [-0.2, 0) is 11.2 Å². The van der Waals surface area contributed by atoms with Crippen LogP contribution in [0.2, 0.25) is 0 Å². The Kier molecular flexibility index (Phi) is 5.00. The predicted molar refractivity (Wildman–Crippen MR) is 90.8 cm³/mol. The molecule has 3 aromatic rings. The first kappa shape index (κ1) is 16.3. The molecular formula is C17H13BrFN3O2. The van der Waals surface area contributed by atoms with E-state index in [1.807, 2.05) is 0 Å². The van der Waals surface area contributed by atoms with Gasteiger partial charge in [0.25, 0.3) is 0 Å². The summed E-state index contributed by atoms with van der Waals surface area (Å²) in [6.45, 7) is 0. The number of nitrogens with zero attached hydrogens (tertiary/aromatic N) is 2. The SMILES string of the molecule is O=C(CCc1ncc(-c2ccc(F)cc2)o1)Nc1ccc(Br)cn1. The molecule has 1 aromatic carbocycles. The van der Waals surface area contributed by atoms with Crippen molar-refractivity contribution in [2.45, 2.75) is 12.8 Å². The van der Waals surface area contributed by atoms with Crippen LogP contribution in [0.5, 0.6) is 0 Å². The van der Waals surface area contributed by atoms with Crippen molar-refractivity contribution >= 4 is 27.7 Å². The van der Waals surface area contributed by atoms with E-state index >= 15 is 0 Å². The Hall–Kier alpha value is -2.54. The summed E-state index contributed by atoms with van der Waals surface area (Å²) in [4.78, 5) is 20.1. The second-order valence-corrected chi connectivity index (χ2v) is 5.95. The maximum absolute atomic E-state index is 12.9. The minimum Gasteiger partial charge on any atom is -0.441 e. The minimum atomic E-state index is -0.309. The number of oxazole rings is 1. The number of benzene rings is 1. The summed E-state index contributed by atoms with van der Waals surface area (Å²) < 4.78 is 19.4. The van der Waals surface area contributed by atoms with Crippen LogP contribution in [0.15, 0.2) is 57.7 Å². The zero-order chi connectivity index (χ0) is 16.9. The van der Waals surface area contributed by atoms with Crippen molar-refractivity contribution in [3.05, 3.63) is 65.0 Å². The molecule has 0 saturated carbocycles. The number of aromatic nitrogens is 2. The average Bonchev–Trinajstić information content (AvgIpc) is 3.05. The highest BCUT2D eigenvalue weighted by molar-refractivity contribution is 9.10. The lowest BCUT2D eigenvalue weighted by molar-refractivity contribution is -0.116. The lowest BCUT2D eigenvalue weighted by atomic mass is 10.2. The van der Waals surface area contributed by atoms with Crippen molar-refractivity contribution in [1.29, 1.82) is 0 Å². The normalized spacial score (nSPS) is 10.6. The molecule has 1 amide bonds. The van der Waals surface area contributed by atoms with Crippen molar-refractivity contribution in [1.82, 2.24) is 9.97 Å². The van der Waals surface area contributed by atoms with Crippen LogP contribution in [0.25, 0.3) is 11.3 Å². The summed E-state index contributed by atoms with van der Waals surface area (Å²) in [5.74, 6) is 0.999. The third-order valence-electron chi connectivity index (χ3n) is 3.24. The second-order valence-electron chi connectivity index (χ2n) is 5.03. The van der Waals surface area contributed by atoms with Gasteiger partial charge in [0.1, 0.15) is 11.6 Å². The van der Waals surface area contributed by atoms with Crippen molar-refractivity contribution in [2.24, 2.45) is 0 Å². The van der Waals surface area contributed by atoms with Gasteiger partial charge < -0.3 is 9.73 Å². The molecule has 0 atom stereocenters. The molecule has 7 heteroatoms. The average molecular weight is 390 g/mol. The summed E-state index contributed by atoms with van der Waals surface area (Å²) in [7, 11) is 0. The van der Waals surface area contributed by atoms with Gasteiger partial charge in [0.05, 0.1) is 6.20 Å². The largest absolute Gasteiger partial charge is 0.441 e. The Morgan fingerprint density at radius 3 is 2.62 bits per heavy atom. The maximum atomic E-state index is 12.9. The van der Waals surface area contributed by atoms with Gasteiger partial charge in [-0.05, 0) is 52.3 Å². The second kappa shape index (κ2) is 7.35. The van der Waals surface area contributed by atoms with Gasteiger partial charge in [-0.2, -0.15) is 0 Å². The molecule has 2 aromatic heterocycles. The first-order valence-electron chi connectivity index (χ1n) is 7.22. The van der Waals surface area contributed by atoms with Crippen LogP contribution in [0.4, 0.5) is 10.2 Å². The molecule has 122 valence electrons. The topological polar surface area (TPSA) is 68.0 Å². The van der Waals surface area contributed by atoms with Crippen LogP contribution in [0.3, 0.4) is 0 Å². The van der Waals surface area contributed by atoms with E-state index < -0.39 is 0 Å². The monoisotopic (exact) mass is 389 g/mol. The van der Waals surface area contributed by atoms with Gasteiger partial charge in [-0.25, -0.2) is 14.4 Å². The van der Waals surface area contributed by atoms with E-state index in [-0.39, 0.29) is 18.1 Å². The quantitative estimate of drug-likeness (QED) is 0.709. The fourth-order valence-electron chi connectivity index (χ4n) is 2.05. The fraction of sp³-hybridized carbons (Fsp3) is 0.118. The van der Waals surface area contributed by atoms with E-state index in [1.165, 1.54) is 12.1 Å².